The highest BCUT2D eigenvalue weighted by Crippen LogP contribution is 2.28. The minimum Gasteiger partial charge on any atom is -0.497 e. The largest absolute Gasteiger partial charge is 0.497 e. The lowest BCUT2D eigenvalue weighted by Gasteiger charge is -2.36. The van der Waals surface area contributed by atoms with Crippen molar-refractivity contribution in [1.82, 2.24) is 14.9 Å². The molecule has 1 aliphatic rings. The predicted molar refractivity (Wildman–Crippen MR) is 130 cm³/mol. The van der Waals surface area contributed by atoms with Crippen LogP contribution in [0, 0.1) is 13.8 Å². The molecule has 0 atom stereocenters. The van der Waals surface area contributed by atoms with Gasteiger partial charge in [0.15, 0.2) is 5.82 Å². The number of ether oxygens (including phenoxy) is 2. The van der Waals surface area contributed by atoms with Crippen LogP contribution < -0.4 is 14.4 Å². The average Bonchev–Trinajstić information content (AvgIpc) is 2.85. The topological polar surface area (TPSA) is 67.8 Å². The van der Waals surface area contributed by atoms with Crippen LogP contribution in [0.1, 0.15) is 21.6 Å². The number of rotatable bonds is 5. The van der Waals surface area contributed by atoms with Crippen LogP contribution in [0.25, 0.3) is 11.4 Å². The summed E-state index contributed by atoms with van der Waals surface area (Å²) in [6.07, 6.45) is 0. The summed E-state index contributed by atoms with van der Waals surface area (Å²) in [6, 6.07) is 12.8. The molecule has 8 heteroatoms. The number of carbonyl (C=O) groups excluding carboxylic acids is 1. The van der Waals surface area contributed by atoms with Gasteiger partial charge in [0, 0.05) is 54.1 Å². The molecule has 33 heavy (non-hydrogen) atoms. The van der Waals surface area contributed by atoms with Gasteiger partial charge in [-0.3, -0.25) is 4.79 Å². The summed E-state index contributed by atoms with van der Waals surface area (Å²) in [5.41, 5.74) is 3.44. The Bertz CT molecular complexity index is 1160. The number of carbonyl (C=O) groups is 1. The molecule has 1 amide bonds. The molecular formula is C25H27ClN4O3. The van der Waals surface area contributed by atoms with Crippen molar-refractivity contribution in [1.29, 1.82) is 0 Å². The van der Waals surface area contributed by atoms with E-state index < -0.39 is 0 Å². The highest BCUT2D eigenvalue weighted by atomic mass is 35.5. The molecule has 0 N–H and O–H groups in total. The number of amides is 1. The molecule has 3 aromatic rings. The fourth-order valence-corrected chi connectivity index (χ4v) is 4.04. The summed E-state index contributed by atoms with van der Waals surface area (Å²) >= 11 is 6.03. The standard InChI is InChI=1S/C25H27ClN4O3/c1-16-17(2)27-23(18-5-7-19(26)8-6-18)28-24(16)29-11-13-30(14-12-29)25(31)21-10-9-20(32-3)15-22(21)33-4/h5-10,15H,11-14H2,1-4H3. The van der Waals surface area contributed by atoms with Gasteiger partial charge < -0.3 is 19.3 Å². The third-order valence-electron chi connectivity index (χ3n) is 5.97. The Balaban J connectivity index is 1.52. The van der Waals surface area contributed by atoms with Crippen LogP contribution in [0.4, 0.5) is 5.82 Å². The maximum absolute atomic E-state index is 13.2. The molecule has 0 radical (unpaired) electrons. The molecule has 1 aliphatic heterocycles. The van der Waals surface area contributed by atoms with Crippen molar-refractivity contribution in [3.05, 3.63) is 64.3 Å². The molecule has 1 aromatic heterocycles. The van der Waals surface area contributed by atoms with Gasteiger partial charge in [0.05, 0.1) is 19.8 Å². The van der Waals surface area contributed by atoms with Crippen molar-refractivity contribution in [2.45, 2.75) is 13.8 Å². The summed E-state index contributed by atoms with van der Waals surface area (Å²) in [4.78, 5) is 26.8. The maximum Gasteiger partial charge on any atom is 0.257 e. The normalized spacial score (nSPS) is 13.7. The fourth-order valence-electron chi connectivity index (χ4n) is 3.92. The number of aromatic nitrogens is 2. The third kappa shape index (κ3) is 4.73. The van der Waals surface area contributed by atoms with Crippen LogP contribution in [0.2, 0.25) is 5.02 Å². The lowest BCUT2D eigenvalue weighted by molar-refractivity contribution is 0.0743. The van der Waals surface area contributed by atoms with Crippen molar-refractivity contribution in [3.8, 4) is 22.9 Å². The monoisotopic (exact) mass is 466 g/mol. The van der Waals surface area contributed by atoms with Gasteiger partial charge in [0.2, 0.25) is 0 Å². The van der Waals surface area contributed by atoms with Gasteiger partial charge in [-0.25, -0.2) is 9.97 Å². The molecule has 0 aliphatic carbocycles. The number of piperazine rings is 1. The molecular weight excluding hydrogens is 440 g/mol. The minimum atomic E-state index is -0.0494. The van der Waals surface area contributed by atoms with E-state index in [0.717, 1.165) is 22.6 Å². The summed E-state index contributed by atoms with van der Waals surface area (Å²) in [7, 11) is 3.15. The average molecular weight is 467 g/mol. The van der Waals surface area contributed by atoms with Gasteiger partial charge >= 0.3 is 0 Å². The molecule has 2 heterocycles. The van der Waals surface area contributed by atoms with E-state index in [-0.39, 0.29) is 5.91 Å². The van der Waals surface area contributed by atoms with Gasteiger partial charge in [-0.1, -0.05) is 11.6 Å². The third-order valence-corrected chi connectivity index (χ3v) is 6.22. The predicted octanol–water partition coefficient (Wildman–Crippen LogP) is 4.39. The summed E-state index contributed by atoms with van der Waals surface area (Å²) < 4.78 is 10.7. The zero-order valence-corrected chi connectivity index (χ0v) is 20.0. The summed E-state index contributed by atoms with van der Waals surface area (Å²) in [6.45, 7) is 6.58. The Labute approximate surface area is 198 Å². The quantitative estimate of drug-likeness (QED) is 0.555. The molecule has 7 nitrogen and oxygen atoms in total. The molecule has 4 rings (SSSR count). The van der Waals surface area contributed by atoms with Crippen LogP contribution in [0.5, 0.6) is 11.5 Å². The zero-order chi connectivity index (χ0) is 23.5. The highest BCUT2D eigenvalue weighted by molar-refractivity contribution is 6.30. The SMILES string of the molecule is COc1ccc(C(=O)N2CCN(c3nc(-c4ccc(Cl)cc4)nc(C)c3C)CC2)c(OC)c1. The Morgan fingerprint density at radius 1 is 0.939 bits per heavy atom. The second-order valence-corrected chi connectivity index (χ2v) is 8.37. The molecule has 2 aromatic carbocycles. The van der Waals surface area contributed by atoms with Crippen molar-refractivity contribution in [2.24, 2.45) is 0 Å². The van der Waals surface area contributed by atoms with Gasteiger partial charge in [-0.2, -0.15) is 0 Å². The first-order valence-corrected chi connectivity index (χ1v) is 11.2. The zero-order valence-electron chi connectivity index (χ0n) is 19.3. The molecule has 0 bridgehead atoms. The number of hydrogen-bond acceptors (Lipinski definition) is 6. The first-order chi connectivity index (χ1) is 15.9. The van der Waals surface area contributed by atoms with E-state index in [1.165, 1.54) is 0 Å². The van der Waals surface area contributed by atoms with Crippen LogP contribution in [0.3, 0.4) is 0 Å². The molecule has 1 saturated heterocycles. The number of anilines is 1. The second kappa shape index (κ2) is 9.67. The Morgan fingerprint density at radius 2 is 1.64 bits per heavy atom. The van der Waals surface area contributed by atoms with Crippen LogP contribution in [-0.2, 0) is 0 Å². The van der Waals surface area contributed by atoms with E-state index in [1.807, 2.05) is 43.0 Å². The van der Waals surface area contributed by atoms with Crippen LogP contribution >= 0.6 is 11.6 Å². The second-order valence-electron chi connectivity index (χ2n) is 7.93. The Kier molecular flexibility index (Phi) is 6.70. The van der Waals surface area contributed by atoms with Gasteiger partial charge in [-0.15, -0.1) is 0 Å². The molecule has 1 fully saturated rings. The molecule has 172 valence electrons. The van der Waals surface area contributed by atoms with Gasteiger partial charge in [0.1, 0.15) is 17.3 Å². The van der Waals surface area contributed by atoms with Crippen molar-refractivity contribution in [2.75, 3.05) is 45.3 Å². The summed E-state index contributed by atoms with van der Waals surface area (Å²) in [5, 5.41) is 0.678. The summed E-state index contributed by atoms with van der Waals surface area (Å²) in [5.74, 6) is 2.69. The lowest BCUT2D eigenvalue weighted by atomic mass is 10.1. The number of nitrogens with zero attached hydrogens (tertiary/aromatic N) is 4. The maximum atomic E-state index is 13.2. The van der Waals surface area contributed by atoms with E-state index in [9.17, 15) is 4.79 Å². The van der Waals surface area contributed by atoms with E-state index >= 15 is 0 Å². The smallest absolute Gasteiger partial charge is 0.257 e. The number of aryl methyl sites for hydroxylation is 1. The van der Waals surface area contributed by atoms with Crippen molar-refractivity contribution < 1.29 is 14.3 Å². The molecule has 0 saturated carbocycles. The lowest BCUT2D eigenvalue weighted by Crippen LogP contribution is -2.49. The van der Waals surface area contributed by atoms with E-state index in [0.29, 0.717) is 54.1 Å². The number of methoxy groups -OCH3 is 2. The van der Waals surface area contributed by atoms with E-state index in [2.05, 4.69) is 9.88 Å². The van der Waals surface area contributed by atoms with Gasteiger partial charge in [-0.05, 0) is 50.2 Å². The van der Waals surface area contributed by atoms with E-state index in [4.69, 9.17) is 26.1 Å². The molecule has 0 spiro atoms. The Hall–Kier alpha value is -3.32. The van der Waals surface area contributed by atoms with Crippen molar-refractivity contribution in [3.63, 3.8) is 0 Å². The number of benzene rings is 2. The molecule has 0 unspecified atom stereocenters. The Morgan fingerprint density at radius 3 is 2.27 bits per heavy atom. The highest BCUT2D eigenvalue weighted by Gasteiger charge is 2.26. The van der Waals surface area contributed by atoms with Crippen molar-refractivity contribution >= 4 is 23.3 Å². The fraction of sp³-hybridized carbons (Fsp3) is 0.320. The van der Waals surface area contributed by atoms with Gasteiger partial charge in [0.25, 0.3) is 5.91 Å². The first-order valence-electron chi connectivity index (χ1n) is 10.8. The minimum absolute atomic E-state index is 0.0494. The van der Waals surface area contributed by atoms with Crippen LogP contribution in [-0.4, -0.2) is 61.2 Å². The number of halogens is 1. The van der Waals surface area contributed by atoms with Crippen LogP contribution in [0.15, 0.2) is 42.5 Å². The first kappa shape index (κ1) is 22.9. The number of hydrogen-bond donors (Lipinski definition) is 0. The van der Waals surface area contributed by atoms with E-state index in [1.54, 1.807) is 32.4 Å².